The quantitative estimate of drug-likeness (QED) is 0.829. The zero-order valence-corrected chi connectivity index (χ0v) is 10.2. The van der Waals surface area contributed by atoms with Crippen molar-refractivity contribution in [1.82, 2.24) is 10.2 Å². The molecular formula is C14H16N2O2. The first kappa shape index (κ1) is 11.3. The van der Waals surface area contributed by atoms with E-state index in [2.05, 4.69) is 23.5 Å². The Kier molecular flexibility index (Phi) is 2.78. The van der Waals surface area contributed by atoms with Crippen molar-refractivity contribution >= 4 is 11.8 Å². The molecule has 0 spiro atoms. The molecule has 0 bridgehead atoms. The lowest BCUT2D eigenvalue weighted by Gasteiger charge is -2.26. The first-order valence-corrected chi connectivity index (χ1v) is 6.37. The topological polar surface area (TPSA) is 49.4 Å². The molecule has 1 heterocycles. The van der Waals surface area contributed by atoms with Gasteiger partial charge in [-0.15, -0.1) is 0 Å². The molecule has 0 radical (unpaired) electrons. The van der Waals surface area contributed by atoms with Gasteiger partial charge < -0.3 is 10.2 Å². The SMILES string of the molecule is O=C1CN(Cc2ccc3c(c2)CCC3)C(=O)CN1. The first-order chi connectivity index (χ1) is 8.72. The number of rotatable bonds is 2. The summed E-state index contributed by atoms with van der Waals surface area (Å²) in [4.78, 5) is 24.6. The van der Waals surface area contributed by atoms with Crippen molar-refractivity contribution in [2.45, 2.75) is 25.8 Å². The van der Waals surface area contributed by atoms with Gasteiger partial charge in [-0.05, 0) is 36.0 Å². The van der Waals surface area contributed by atoms with E-state index in [0.717, 1.165) is 12.0 Å². The van der Waals surface area contributed by atoms with E-state index < -0.39 is 0 Å². The summed E-state index contributed by atoms with van der Waals surface area (Å²) < 4.78 is 0. The third kappa shape index (κ3) is 2.10. The molecule has 2 amide bonds. The summed E-state index contributed by atoms with van der Waals surface area (Å²) in [5.74, 6) is -0.0779. The number of carbonyl (C=O) groups excluding carboxylic acids is 2. The van der Waals surface area contributed by atoms with E-state index in [0.29, 0.717) is 6.54 Å². The lowest BCUT2D eigenvalue weighted by atomic mass is 10.1. The van der Waals surface area contributed by atoms with Crippen LogP contribution in [0.3, 0.4) is 0 Å². The smallest absolute Gasteiger partial charge is 0.242 e. The van der Waals surface area contributed by atoms with Crippen molar-refractivity contribution < 1.29 is 9.59 Å². The van der Waals surface area contributed by atoms with Crippen LogP contribution in [0.4, 0.5) is 0 Å². The Balaban J connectivity index is 1.75. The highest BCUT2D eigenvalue weighted by Gasteiger charge is 2.23. The minimum absolute atomic E-state index is 0.00454. The van der Waals surface area contributed by atoms with Crippen molar-refractivity contribution in [2.75, 3.05) is 13.1 Å². The van der Waals surface area contributed by atoms with E-state index in [1.165, 1.54) is 24.0 Å². The van der Waals surface area contributed by atoms with Crippen LogP contribution in [-0.2, 0) is 29.0 Å². The van der Waals surface area contributed by atoms with Crippen LogP contribution in [-0.4, -0.2) is 29.8 Å². The predicted octanol–water partition coefficient (Wildman–Crippen LogP) is 0.634. The molecule has 18 heavy (non-hydrogen) atoms. The summed E-state index contributed by atoms with van der Waals surface area (Å²) in [6.45, 7) is 0.846. The summed E-state index contributed by atoms with van der Waals surface area (Å²) in [6.07, 6.45) is 3.53. The maximum atomic E-state index is 11.7. The Bertz CT molecular complexity index is 511. The predicted molar refractivity (Wildman–Crippen MR) is 66.9 cm³/mol. The van der Waals surface area contributed by atoms with Gasteiger partial charge in [-0.2, -0.15) is 0 Å². The Morgan fingerprint density at radius 2 is 2.00 bits per heavy atom. The number of benzene rings is 1. The highest BCUT2D eigenvalue weighted by atomic mass is 16.2. The maximum absolute atomic E-state index is 11.7. The van der Waals surface area contributed by atoms with Gasteiger partial charge in [0.1, 0.15) is 0 Å². The number of piperazine rings is 1. The van der Waals surface area contributed by atoms with Crippen LogP contribution in [0.2, 0.25) is 0 Å². The molecule has 0 saturated carbocycles. The Hall–Kier alpha value is -1.84. The molecular weight excluding hydrogens is 228 g/mol. The van der Waals surface area contributed by atoms with Crippen LogP contribution < -0.4 is 5.32 Å². The molecule has 1 aliphatic heterocycles. The molecule has 1 saturated heterocycles. The van der Waals surface area contributed by atoms with Crippen LogP contribution in [0.25, 0.3) is 0 Å². The van der Waals surface area contributed by atoms with Crippen LogP contribution in [0, 0.1) is 0 Å². The van der Waals surface area contributed by atoms with Crippen LogP contribution >= 0.6 is 0 Å². The van der Waals surface area contributed by atoms with E-state index in [4.69, 9.17) is 0 Å². The molecule has 1 aromatic rings. The maximum Gasteiger partial charge on any atom is 0.242 e. The van der Waals surface area contributed by atoms with Crippen molar-refractivity contribution in [3.05, 3.63) is 34.9 Å². The molecule has 1 aromatic carbocycles. The van der Waals surface area contributed by atoms with Crippen LogP contribution in [0.5, 0.6) is 0 Å². The number of carbonyl (C=O) groups is 2. The third-order valence-electron chi connectivity index (χ3n) is 3.66. The molecule has 1 N–H and O–H groups in total. The highest BCUT2D eigenvalue weighted by Crippen LogP contribution is 2.23. The fourth-order valence-electron chi connectivity index (χ4n) is 2.69. The molecule has 4 nitrogen and oxygen atoms in total. The van der Waals surface area contributed by atoms with E-state index in [1.807, 2.05) is 0 Å². The van der Waals surface area contributed by atoms with Crippen molar-refractivity contribution in [2.24, 2.45) is 0 Å². The van der Waals surface area contributed by atoms with Crippen molar-refractivity contribution in [3.8, 4) is 0 Å². The lowest BCUT2D eigenvalue weighted by molar-refractivity contribution is -0.141. The zero-order valence-electron chi connectivity index (χ0n) is 10.2. The summed E-state index contributed by atoms with van der Waals surface area (Å²) in [5.41, 5.74) is 3.96. The van der Waals surface area contributed by atoms with Gasteiger partial charge in [0.15, 0.2) is 0 Å². The van der Waals surface area contributed by atoms with E-state index >= 15 is 0 Å². The Morgan fingerprint density at radius 1 is 1.17 bits per heavy atom. The normalized spacial score (nSPS) is 18.8. The van der Waals surface area contributed by atoms with Gasteiger partial charge in [-0.3, -0.25) is 9.59 Å². The molecule has 0 unspecified atom stereocenters. The van der Waals surface area contributed by atoms with E-state index in [-0.39, 0.29) is 24.9 Å². The van der Waals surface area contributed by atoms with Gasteiger partial charge >= 0.3 is 0 Å². The minimum Gasteiger partial charge on any atom is -0.345 e. The summed E-state index contributed by atoms with van der Waals surface area (Å²) >= 11 is 0. The van der Waals surface area contributed by atoms with Crippen molar-refractivity contribution in [1.29, 1.82) is 0 Å². The van der Waals surface area contributed by atoms with Gasteiger partial charge in [0, 0.05) is 6.54 Å². The van der Waals surface area contributed by atoms with Gasteiger partial charge in [0.25, 0.3) is 0 Å². The summed E-state index contributed by atoms with van der Waals surface area (Å²) in [6, 6.07) is 6.41. The van der Waals surface area contributed by atoms with Crippen molar-refractivity contribution in [3.63, 3.8) is 0 Å². The number of nitrogens with one attached hydrogen (secondary N) is 1. The van der Waals surface area contributed by atoms with Gasteiger partial charge in [-0.1, -0.05) is 18.2 Å². The van der Waals surface area contributed by atoms with Crippen LogP contribution in [0.15, 0.2) is 18.2 Å². The molecule has 1 fully saturated rings. The van der Waals surface area contributed by atoms with Gasteiger partial charge in [0.2, 0.25) is 11.8 Å². The third-order valence-corrected chi connectivity index (χ3v) is 3.66. The van der Waals surface area contributed by atoms with Crippen LogP contribution in [0.1, 0.15) is 23.1 Å². The first-order valence-electron chi connectivity index (χ1n) is 6.37. The molecule has 0 atom stereocenters. The standard InChI is InChI=1S/C14H16N2O2/c17-13-9-16(14(18)7-15-13)8-10-4-5-11-2-1-3-12(11)6-10/h4-6H,1-3,7-9H2,(H,15,17). The largest absolute Gasteiger partial charge is 0.345 e. The van der Waals surface area contributed by atoms with E-state index in [9.17, 15) is 9.59 Å². The highest BCUT2D eigenvalue weighted by molar-refractivity contribution is 5.92. The fraction of sp³-hybridized carbons (Fsp3) is 0.429. The molecule has 3 rings (SSSR count). The number of aryl methyl sites for hydroxylation is 2. The second kappa shape index (κ2) is 4.44. The van der Waals surface area contributed by atoms with E-state index in [1.54, 1.807) is 4.90 Å². The molecule has 94 valence electrons. The second-order valence-corrected chi connectivity index (χ2v) is 4.98. The molecule has 0 aromatic heterocycles. The summed E-state index contributed by atoms with van der Waals surface area (Å²) in [7, 11) is 0. The number of amides is 2. The molecule has 1 aliphatic carbocycles. The Labute approximate surface area is 106 Å². The lowest BCUT2D eigenvalue weighted by Crippen LogP contribution is -2.50. The summed E-state index contributed by atoms with van der Waals surface area (Å²) in [5, 5.41) is 2.56. The number of hydrogen-bond donors (Lipinski definition) is 1. The monoisotopic (exact) mass is 244 g/mol. The minimum atomic E-state index is -0.0734. The zero-order chi connectivity index (χ0) is 12.5. The average Bonchev–Trinajstić information content (AvgIpc) is 2.81. The number of fused-ring (bicyclic) bond motifs is 1. The number of nitrogens with zero attached hydrogens (tertiary/aromatic N) is 1. The number of hydrogen-bond acceptors (Lipinski definition) is 2. The molecule has 4 heteroatoms. The Morgan fingerprint density at radius 3 is 2.89 bits per heavy atom. The van der Waals surface area contributed by atoms with Gasteiger partial charge in [-0.25, -0.2) is 0 Å². The fourth-order valence-corrected chi connectivity index (χ4v) is 2.69. The molecule has 2 aliphatic rings. The second-order valence-electron chi connectivity index (χ2n) is 4.98. The van der Waals surface area contributed by atoms with Gasteiger partial charge in [0.05, 0.1) is 13.1 Å². The average molecular weight is 244 g/mol.